The van der Waals surface area contributed by atoms with E-state index in [4.69, 9.17) is 4.74 Å². The Labute approximate surface area is 228 Å². The lowest BCUT2D eigenvalue weighted by molar-refractivity contribution is -0.117. The lowest BCUT2D eigenvalue weighted by Crippen LogP contribution is -2.35. The van der Waals surface area contributed by atoms with Gasteiger partial charge in [0.1, 0.15) is 5.75 Å². The molecule has 0 atom stereocenters. The predicted octanol–water partition coefficient (Wildman–Crippen LogP) is 6.18. The molecule has 5 rings (SSSR count). The first-order chi connectivity index (χ1) is 18.9. The van der Waals surface area contributed by atoms with E-state index < -0.39 is 5.97 Å². The van der Waals surface area contributed by atoms with Gasteiger partial charge in [-0.15, -0.1) is 0 Å². The fraction of sp³-hybridized carbons (Fsp3) is 0.219. The van der Waals surface area contributed by atoms with Crippen molar-refractivity contribution in [2.24, 2.45) is 0 Å². The molecule has 1 N–H and O–H groups in total. The number of benzene rings is 3. The molecule has 1 aliphatic rings. The minimum atomic E-state index is -0.947. The van der Waals surface area contributed by atoms with Crippen LogP contribution >= 0.6 is 0 Å². The second-order valence-corrected chi connectivity index (χ2v) is 9.78. The third-order valence-electron chi connectivity index (χ3n) is 7.15. The van der Waals surface area contributed by atoms with Gasteiger partial charge in [0.15, 0.2) is 0 Å². The number of rotatable bonds is 8. The zero-order valence-electron chi connectivity index (χ0n) is 22.1. The second kappa shape index (κ2) is 11.4. The first-order valence-electron chi connectivity index (χ1n) is 13.1. The Bertz CT molecular complexity index is 1550. The number of carbonyl (C=O) groups excluding carboxylic acids is 1. The Morgan fingerprint density at radius 2 is 1.90 bits per heavy atom. The summed E-state index contributed by atoms with van der Waals surface area (Å²) < 4.78 is 7.58. The molecule has 0 spiro atoms. The Morgan fingerprint density at radius 1 is 1.08 bits per heavy atom. The van der Waals surface area contributed by atoms with Gasteiger partial charge in [-0.3, -0.25) is 9.48 Å². The summed E-state index contributed by atoms with van der Waals surface area (Å²) in [7, 11) is 0. The normalized spacial score (nSPS) is 12.9. The first kappa shape index (κ1) is 26.0. The lowest BCUT2D eigenvalue weighted by atomic mass is 9.93. The average molecular weight is 522 g/mol. The maximum Gasteiger partial charge on any atom is 0.335 e. The number of carboxylic acids is 1. The number of ether oxygens (including phenoxy) is 1. The van der Waals surface area contributed by atoms with Crippen LogP contribution in [0.5, 0.6) is 5.75 Å². The van der Waals surface area contributed by atoms with Gasteiger partial charge in [0.05, 0.1) is 24.6 Å². The maximum absolute atomic E-state index is 13.2. The summed E-state index contributed by atoms with van der Waals surface area (Å²) in [6, 6.07) is 18.9. The molecule has 1 amide bonds. The fourth-order valence-corrected chi connectivity index (χ4v) is 4.97. The van der Waals surface area contributed by atoms with Crippen molar-refractivity contribution in [2.45, 2.75) is 39.7 Å². The van der Waals surface area contributed by atoms with E-state index >= 15 is 0 Å². The molecular formula is C32H31N3O4. The van der Waals surface area contributed by atoms with Crippen molar-refractivity contribution >= 4 is 17.6 Å². The van der Waals surface area contributed by atoms with Crippen LogP contribution in [0.2, 0.25) is 0 Å². The first-order valence-corrected chi connectivity index (χ1v) is 13.1. The van der Waals surface area contributed by atoms with Crippen LogP contribution in [0.25, 0.3) is 11.1 Å². The molecule has 0 saturated carbocycles. The van der Waals surface area contributed by atoms with Crippen molar-refractivity contribution in [1.29, 1.82) is 0 Å². The van der Waals surface area contributed by atoms with Crippen molar-refractivity contribution in [3.63, 3.8) is 0 Å². The van der Waals surface area contributed by atoms with Crippen molar-refractivity contribution in [2.75, 3.05) is 11.4 Å². The van der Waals surface area contributed by atoms with Gasteiger partial charge in [-0.25, -0.2) is 4.79 Å². The third-order valence-corrected chi connectivity index (χ3v) is 7.15. The smallest absolute Gasteiger partial charge is 0.335 e. The molecule has 0 aliphatic carbocycles. The van der Waals surface area contributed by atoms with Crippen molar-refractivity contribution in [3.8, 4) is 16.9 Å². The summed E-state index contributed by atoms with van der Waals surface area (Å²) >= 11 is 0. The number of aromatic nitrogens is 2. The quantitative estimate of drug-likeness (QED) is 0.280. The van der Waals surface area contributed by atoms with E-state index in [0.29, 0.717) is 13.1 Å². The highest BCUT2D eigenvalue weighted by Gasteiger charge is 2.24. The van der Waals surface area contributed by atoms with Crippen LogP contribution in [0.4, 0.5) is 5.69 Å². The molecule has 1 aliphatic heterocycles. The summed E-state index contributed by atoms with van der Waals surface area (Å²) in [5, 5.41) is 13.8. The van der Waals surface area contributed by atoms with E-state index in [1.54, 1.807) is 30.5 Å². The van der Waals surface area contributed by atoms with Gasteiger partial charge in [-0.05, 0) is 84.8 Å². The average Bonchev–Trinajstić information content (AvgIpc) is 3.40. The second-order valence-electron chi connectivity index (χ2n) is 9.78. The van der Waals surface area contributed by atoms with Gasteiger partial charge in [-0.1, -0.05) is 36.4 Å². The van der Waals surface area contributed by atoms with Gasteiger partial charge in [0, 0.05) is 30.4 Å². The minimum Gasteiger partial charge on any atom is -0.478 e. The van der Waals surface area contributed by atoms with Gasteiger partial charge in [0.25, 0.3) is 0 Å². The van der Waals surface area contributed by atoms with E-state index in [2.05, 4.69) is 11.2 Å². The van der Waals surface area contributed by atoms with Crippen molar-refractivity contribution < 1.29 is 19.4 Å². The van der Waals surface area contributed by atoms with Gasteiger partial charge in [-0.2, -0.15) is 5.10 Å². The molecule has 0 fully saturated rings. The highest BCUT2D eigenvalue weighted by Crippen LogP contribution is 2.35. The van der Waals surface area contributed by atoms with Crippen LogP contribution in [-0.4, -0.2) is 33.3 Å². The van der Waals surface area contributed by atoms with E-state index in [9.17, 15) is 14.7 Å². The Kier molecular flexibility index (Phi) is 7.59. The number of carbonyl (C=O) groups is 2. The van der Waals surface area contributed by atoms with E-state index in [-0.39, 0.29) is 17.9 Å². The number of anilines is 1. The van der Waals surface area contributed by atoms with Crippen LogP contribution in [0.15, 0.2) is 85.4 Å². The van der Waals surface area contributed by atoms with E-state index in [1.807, 2.05) is 72.2 Å². The molecule has 39 heavy (non-hydrogen) atoms. The molecule has 1 aromatic heterocycles. The topological polar surface area (TPSA) is 84.7 Å². The van der Waals surface area contributed by atoms with Crippen LogP contribution in [0.1, 0.15) is 45.5 Å². The Balaban J connectivity index is 1.29. The zero-order valence-corrected chi connectivity index (χ0v) is 22.1. The molecular weight excluding hydrogens is 490 g/mol. The summed E-state index contributed by atoms with van der Waals surface area (Å²) in [5.74, 6) is -0.123. The van der Waals surface area contributed by atoms with Gasteiger partial charge in [0.2, 0.25) is 5.91 Å². The third kappa shape index (κ3) is 5.77. The summed E-state index contributed by atoms with van der Waals surface area (Å²) in [5.41, 5.74) is 7.48. The van der Waals surface area contributed by atoms with Crippen molar-refractivity contribution in [1.82, 2.24) is 9.78 Å². The number of aryl methyl sites for hydroxylation is 1. The van der Waals surface area contributed by atoms with Gasteiger partial charge < -0.3 is 14.7 Å². The molecule has 198 valence electrons. The number of nitrogens with zero attached hydrogens (tertiary/aromatic N) is 3. The fourth-order valence-electron chi connectivity index (χ4n) is 4.97. The number of hydrogen-bond acceptors (Lipinski definition) is 4. The van der Waals surface area contributed by atoms with Crippen molar-refractivity contribution in [3.05, 3.63) is 113 Å². The summed E-state index contributed by atoms with van der Waals surface area (Å²) in [6.45, 7) is 5.21. The highest BCUT2D eigenvalue weighted by atomic mass is 16.5. The summed E-state index contributed by atoms with van der Waals surface area (Å²) in [4.78, 5) is 26.4. The number of hydrogen-bond donors (Lipinski definition) is 1. The molecule has 0 unspecified atom stereocenters. The van der Waals surface area contributed by atoms with Crippen LogP contribution < -0.4 is 9.64 Å². The minimum absolute atomic E-state index is 0.0305. The zero-order chi connectivity index (χ0) is 27.4. The Morgan fingerprint density at radius 3 is 2.74 bits per heavy atom. The molecule has 7 heteroatoms. The predicted molar refractivity (Wildman–Crippen MR) is 151 cm³/mol. The molecule has 0 bridgehead atoms. The van der Waals surface area contributed by atoms with Gasteiger partial charge >= 0.3 is 5.97 Å². The van der Waals surface area contributed by atoms with Crippen LogP contribution in [-0.2, 0) is 17.8 Å². The Hall–Kier alpha value is -4.65. The maximum atomic E-state index is 13.2. The summed E-state index contributed by atoms with van der Waals surface area (Å²) in [6.07, 6.45) is 9.18. The standard InChI is InChI=1S/C32H31N3O4/c1-22-8-3-14-30(23(22)2)39-17-7-15-31(36)35-16-6-12-28-27(11-5-13-29(28)35)26-19-33-34(21-26)20-24-9-4-10-25(18-24)32(37)38/h3-5,7-11,13-14,17-19,21H,6,12,15-16,20H2,1-2H3,(H,37,38)/b17-7-. The molecule has 0 radical (unpaired) electrons. The SMILES string of the molecule is Cc1cccc(O/C=C\CC(=O)N2CCCc3c(-c4cnn(Cc5cccc(C(=O)O)c5)c4)cccc32)c1C. The number of aromatic carboxylic acids is 1. The van der Waals surface area contributed by atoms with E-state index in [0.717, 1.165) is 57.7 Å². The van der Waals surface area contributed by atoms with Crippen LogP contribution in [0, 0.1) is 13.8 Å². The van der Waals surface area contributed by atoms with E-state index in [1.165, 1.54) is 0 Å². The molecule has 2 heterocycles. The number of carboxylic acid groups (broad SMARTS) is 1. The lowest BCUT2D eigenvalue weighted by Gasteiger charge is -2.30. The monoisotopic (exact) mass is 521 g/mol. The largest absolute Gasteiger partial charge is 0.478 e. The number of amides is 1. The highest BCUT2D eigenvalue weighted by molar-refractivity contribution is 5.96. The molecule has 4 aromatic rings. The van der Waals surface area contributed by atoms with Crippen LogP contribution in [0.3, 0.4) is 0 Å². The molecule has 0 saturated heterocycles. The number of fused-ring (bicyclic) bond motifs is 1. The molecule has 3 aromatic carbocycles. The molecule has 7 nitrogen and oxygen atoms in total.